The van der Waals surface area contributed by atoms with E-state index in [1.54, 1.807) is 6.07 Å². The summed E-state index contributed by atoms with van der Waals surface area (Å²) in [4.78, 5) is 2.21. The standard InChI is InChI=1S/C15H23FN2O2/c1-11(17-2)14-5-4-12(16)8-15(14)20-10-13-9-18(3)6-7-19-13/h4-5,8,11,13,17H,6-7,9-10H2,1-3H3. The fraction of sp³-hybridized carbons (Fsp3) is 0.600. The molecule has 0 saturated carbocycles. The summed E-state index contributed by atoms with van der Waals surface area (Å²) in [5.41, 5.74) is 0.957. The third-order valence-electron chi connectivity index (χ3n) is 3.64. The maximum atomic E-state index is 13.4. The van der Waals surface area contributed by atoms with E-state index in [2.05, 4.69) is 17.3 Å². The van der Waals surface area contributed by atoms with Crippen LogP contribution in [0, 0.1) is 5.82 Å². The highest BCUT2D eigenvalue weighted by Gasteiger charge is 2.19. The quantitative estimate of drug-likeness (QED) is 0.893. The van der Waals surface area contributed by atoms with Crippen molar-refractivity contribution in [3.63, 3.8) is 0 Å². The molecule has 5 heteroatoms. The van der Waals surface area contributed by atoms with Crippen molar-refractivity contribution >= 4 is 0 Å². The monoisotopic (exact) mass is 282 g/mol. The van der Waals surface area contributed by atoms with Crippen LogP contribution in [-0.2, 0) is 4.74 Å². The molecule has 1 N–H and O–H groups in total. The van der Waals surface area contributed by atoms with Gasteiger partial charge in [-0.1, -0.05) is 6.07 Å². The van der Waals surface area contributed by atoms with Crippen LogP contribution in [0.4, 0.5) is 4.39 Å². The number of nitrogens with one attached hydrogen (secondary N) is 1. The zero-order valence-corrected chi connectivity index (χ0v) is 12.4. The van der Waals surface area contributed by atoms with Gasteiger partial charge in [-0.2, -0.15) is 0 Å². The smallest absolute Gasteiger partial charge is 0.127 e. The van der Waals surface area contributed by atoms with E-state index in [9.17, 15) is 4.39 Å². The Labute approximate surface area is 119 Å². The number of hydrogen-bond donors (Lipinski definition) is 1. The van der Waals surface area contributed by atoms with Gasteiger partial charge in [-0.15, -0.1) is 0 Å². The van der Waals surface area contributed by atoms with Crippen molar-refractivity contribution in [1.82, 2.24) is 10.2 Å². The summed E-state index contributed by atoms with van der Waals surface area (Å²) in [5.74, 6) is 0.303. The third-order valence-corrected chi connectivity index (χ3v) is 3.64. The molecule has 0 radical (unpaired) electrons. The molecule has 1 aromatic rings. The van der Waals surface area contributed by atoms with E-state index in [-0.39, 0.29) is 18.0 Å². The predicted octanol–water partition coefficient (Wildman–Crippen LogP) is 1.82. The first-order chi connectivity index (χ1) is 9.60. The second-order valence-corrected chi connectivity index (χ2v) is 5.26. The number of rotatable bonds is 5. The first kappa shape index (κ1) is 15.2. The van der Waals surface area contributed by atoms with E-state index < -0.39 is 0 Å². The maximum Gasteiger partial charge on any atom is 0.127 e. The van der Waals surface area contributed by atoms with Crippen LogP contribution >= 0.6 is 0 Å². The van der Waals surface area contributed by atoms with Crippen LogP contribution in [0.1, 0.15) is 18.5 Å². The van der Waals surface area contributed by atoms with Crippen molar-refractivity contribution in [2.24, 2.45) is 0 Å². The lowest BCUT2D eigenvalue weighted by Crippen LogP contribution is -2.42. The van der Waals surface area contributed by atoms with E-state index in [0.717, 1.165) is 18.7 Å². The second-order valence-electron chi connectivity index (χ2n) is 5.26. The molecule has 1 heterocycles. The Bertz CT molecular complexity index is 442. The fourth-order valence-electron chi connectivity index (χ4n) is 2.30. The van der Waals surface area contributed by atoms with Crippen molar-refractivity contribution in [3.05, 3.63) is 29.6 Å². The Morgan fingerprint density at radius 1 is 1.55 bits per heavy atom. The number of ether oxygens (including phenoxy) is 2. The summed E-state index contributed by atoms with van der Waals surface area (Å²) in [7, 11) is 3.93. The van der Waals surface area contributed by atoms with Crippen LogP contribution < -0.4 is 10.1 Å². The number of morpholine rings is 1. The molecule has 1 aliphatic rings. The molecule has 2 rings (SSSR count). The number of hydrogen-bond acceptors (Lipinski definition) is 4. The lowest BCUT2D eigenvalue weighted by molar-refractivity contribution is -0.0405. The molecular formula is C15H23FN2O2. The molecule has 1 aromatic carbocycles. The zero-order valence-electron chi connectivity index (χ0n) is 12.4. The number of likely N-dealkylation sites (N-methyl/N-ethyl adjacent to an activating group) is 1. The van der Waals surface area contributed by atoms with Gasteiger partial charge in [0.2, 0.25) is 0 Å². The zero-order chi connectivity index (χ0) is 14.5. The second kappa shape index (κ2) is 7.02. The highest BCUT2D eigenvalue weighted by molar-refractivity contribution is 5.36. The van der Waals surface area contributed by atoms with Gasteiger partial charge in [0.25, 0.3) is 0 Å². The van der Waals surface area contributed by atoms with Crippen LogP contribution in [-0.4, -0.2) is 51.4 Å². The average molecular weight is 282 g/mol. The molecule has 0 aliphatic carbocycles. The van der Waals surface area contributed by atoms with E-state index >= 15 is 0 Å². The summed E-state index contributed by atoms with van der Waals surface area (Å²) < 4.78 is 24.9. The van der Waals surface area contributed by atoms with Gasteiger partial charge in [-0.25, -0.2) is 4.39 Å². The number of benzene rings is 1. The van der Waals surface area contributed by atoms with Gasteiger partial charge < -0.3 is 19.7 Å². The molecule has 4 nitrogen and oxygen atoms in total. The minimum atomic E-state index is -0.284. The molecule has 2 atom stereocenters. The summed E-state index contributed by atoms with van der Waals surface area (Å²) in [5, 5.41) is 3.14. The van der Waals surface area contributed by atoms with Gasteiger partial charge in [-0.3, -0.25) is 0 Å². The summed E-state index contributed by atoms with van der Waals surface area (Å²) in [6.07, 6.45) is 0.0368. The van der Waals surface area contributed by atoms with Gasteiger partial charge in [0, 0.05) is 30.8 Å². The molecule has 1 fully saturated rings. The van der Waals surface area contributed by atoms with Gasteiger partial charge in [-0.05, 0) is 27.1 Å². The Balaban J connectivity index is 2.02. The molecule has 1 saturated heterocycles. The number of halogens is 1. The fourth-order valence-corrected chi connectivity index (χ4v) is 2.30. The SMILES string of the molecule is CNC(C)c1ccc(F)cc1OCC1CN(C)CCO1. The van der Waals surface area contributed by atoms with Crippen molar-refractivity contribution in [2.75, 3.05) is 40.4 Å². The first-order valence-electron chi connectivity index (χ1n) is 7.00. The van der Waals surface area contributed by atoms with Crippen LogP contribution in [0.15, 0.2) is 18.2 Å². The van der Waals surface area contributed by atoms with Crippen LogP contribution in [0.3, 0.4) is 0 Å². The number of nitrogens with zero attached hydrogens (tertiary/aromatic N) is 1. The molecule has 20 heavy (non-hydrogen) atoms. The summed E-state index contributed by atoms with van der Waals surface area (Å²) in [6.45, 7) is 4.96. The highest BCUT2D eigenvalue weighted by atomic mass is 19.1. The van der Waals surface area contributed by atoms with Gasteiger partial charge in [0.1, 0.15) is 24.3 Å². The van der Waals surface area contributed by atoms with E-state index in [0.29, 0.717) is 19.0 Å². The van der Waals surface area contributed by atoms with Crippen LogP contribution in [0.5, 0.6) is 5.75 Å². The molecule has 0 amide bonds. The summed E-state index contributed by atoms with van der Waals surface area (Å²) in [6, 6.07) is 4.77. The third kappa shape index (κ3) is 3.91. The van der Waals surface area contributed by atoms with Crippen molar-refractivity contribution in [3.8, 4) is 5.75 Å². The van der Waals surface area contributed by atoms with Crippen LogP contribution in [0.25, 0.3) is 0 Å². The van der Waals surface area contributed by atoms with Crippen molar-refractivity contribution in [1.29, 1.82) is 0 Å². The Hall–Kier alpha value is -1.17. The lowest BCUT2D eigenvalue weighted by atomic mass is 10.1. The Morgan fingerprint density at radius 2 is 2.35 bits per heavy atom. The molecular weight excluding hydrogens is 259 g/mol. The van der Waals surface area contributed by atoms with E-state index in [1.165, 1.54) is 12.1 Å². The topological polar surface area (TPSA) is 33.7 Å². The Morgan fingerprint density at radius 3 is 3.05 bits per heavy atom. The minimum Gasteiger partial charge on any atom is -0.490 e. The largest absolute Gasteiger partial charge is 0.490 e. The van der Waals surface area contributed by atoms with E-state index in [4.69, 9.17) is 9.47 Å². The molecule has 0 spiro atoms. The Kier molecular flexibility index (Phi) is 5.34. The lowest BCUT2D eigenvalue weighted by Gasteiger charge is -2.30. The minimum absolute atomic E-state index is 0.0368. The first-order valence-corrected chi connectivity index (χ1v) is 7.00. The summed E-state index contributed by atoms with van der Waals surface area (Å²) >= 11 is 0. The van der Waals surface area contributed by atoms with E-state index in [1.807, 2.05) is 14.0 Å². The van der Waals surface area contributed by atoms with Crippen molar-refractivity contribution < 1.29 is 13.9 Å². The molecule has 1 aliphatic heterocycles. The average Bonchev–Trinajstić information content (AvgIpc) is 2.44. The molecule has 2 unspecified atom stereocenters. The molecule has 112 valence electrons. The normalized spacial score (nSPS) is 21.7. The van der Waals surface area contributed by atoms with Gasteiger partial charge in [0.15, 0.2) is 0 Å². The molecule has 0 aromatic heterocycles. The van der Waals surface area contributed by atoms with Crippen molar-refractivity contribution in [2.45, 2.75) is 19.1 Å². The van der Waals surface area contributed by atoms with Gasteiger partial charge >= 0.3 is 0 Å². The maximum absolute atomic E-state index is 13.4. The van der Waals surface area contributed by atoms with Crippen LogP contribution in [0.2, 0.25) is 0 Å². The predicted molar refractivity (Wildman–Crippen MR) is 76.6 cm³/mol. The highest BCUT2D eigenvalue weighted by Crippen LogP contribution is 2.26. The van der Waals surface area contributed by atoms with Gasteiger partial charge in [0.05, 0.1) is 6.61 Å². The molecule has 0 bridgehead atoms.